The summed E-state index contributed by atoms with van der Waals surface area (Å²) in [6.45, 7) is 1.99. The third-order valence-electron chi connectivity index (χ3n) is 3.47. The molecule has 3 aromatic rings. The molecular weight excluding hydrogens is 278 g/mol. The van der Waals surface area contributed by atoms with Crippen LogP contribution in [0.3, 0.4) is 0 Å². The van der Waals surface area contributed by atoms with E-state index < -0.39 is 5.91 Å². The van der Waals surface area contributed by atoms with Gasteiger partial charge in [-0.3, -0.25) is 10.0 Å². The van der Waals surface area contributed by atoms with E-state index in [1.165, 1.54) is 4.68 Å². The largest absolute Gasteiger partial charge is 0.293 e. The van der Waals surface area contributed by atoms with Crippen molar-refractivity contribution in [1.82, 2.24) is 15.3 Å². The van der Waals surface area contributed by atoms with Gasteiger partial charge in [0.15, 0.2) is 0 Å². The molecule has 1 amide bonds. The van der Waals surface area contributed by atoms with Gasteiger partial charge >= 0.3 is 0 Å². The van der Waals surface area contributed by atoms with Crippen LogP contribution in [0, 0.1) is 6.92 Å². The second kappa shape index (κ2) is 5.83. The van der Waals surface area contributed by atoms with Crippen molar-refractivity contribution in [3.05, 3.63) is 71.9 Å². The molecule has 0 radical (unpaired) electrons. The number of hydrogen-bond donors (Lipinski definition) is 2. The van der Waals surface area contributed by atoms with Crippen molar-refractivity contribution in [3.8, 4) is 16.9 Å². The number of para-hydroxylation sites is 1. The van der Waals surface area contributed by atoms with E-state index in [1.807, 2.05) is 61.5 Å². The minimum Gasteiger partial charge on any atom is -0.288 e. The minimum absolute atomic E-state index is 0.270. The zero-order valence-electron chi connectivity index (χ0n) is 12.0. The molecule has 3 rings (SSSR count). The van der Waals surface area contributed by atoms with Crippen LogP contribution in [0.1, 0.15) is 16.1 Å². The van der Waals surface area contributed by atoms with Crippen molar-refractivity contribution < 1.29 is 10.0 Å². The first-order valence-corrected chi connectivity index (χ1v) is 6.86. The molecule has 0 bridgehead atoms. The Kier molecular flexibility index (Phi) is 3.72. The van der Waals surface area contributed by atoms with Crippen molar-refractivity contribution in [2.24, 2.45) is 0 Å². The van der Waals surface area contributed by atoms with Crippen molar-refractivity contribution in [1.29, 1.82) is 0 Å². The molecule has 22 heavy (non-hydrogen) atoms. The molecular formula is C17H15N3O2. The Bertz CT molecular complexity index is 810. The predicted molar refractivity (Wildman–Crippen MR) is 83.0 cm³/mol. The number of nitrogens with one attached hydrogen (secondary N) is 1. The molecule has 1 heterocycles. The van der Waals surface area contributed by atoms with Gasteiger partial charge in [0.05, 0.1) is 11.4 Å². The van der Waals surface area contributed by atoms with Gasteiger partial charge in [-0.25, -0.2) is 10.2 Å². The van der Waals surface area contributed by atoms with Crippen LogP contribution in [0.2, 0.25) is 0 Å². The Morgan fingerprint density at radius 1 is 1.09 bits per heavy atom. The molecule has 110 valence electrons. The van der Waals surface area contributed by atoms with E-state index in [0.29, 0.717) is 5.69 Å². The number of aryl methyl sites for hydroxylation is 1. The van der Waals surface area contributed by atoms with Gasteiger partial charge in [-0.2, -0.15) is 5.10 Å². The molecule has 0 spiro atoms. The quantitative estimate of drug-likeness (QED) is 0.576. The number of hydrogen-bond acceptors (Lipinski definition) is 3. The number of hydroxylamine groups is 1. The molecule has 0 atom stereocenters. The van der Waals surface area contributed by atoms with E-state index in [0.717, 1.165) is 16.8 Å². The van der Waals surface area contributed by atoms with E-state index in [1.54, 1.807) is 11.5 Å². The summed E-state index contributed by atoms with van der Waals surface area (Å²) in [4.78, 5) is 11.9. The number of amides is 1. The smallest absolute Gasteiger partial charge is 0.288 e. The first kappa shape index (κ1) is 14.0. The maximum absolute atomic E-state index is 11.9. The first-order valence-electron chi connectivity index (χ1n) is 6.86. The second-order valence-electron chi connectivity index (χ2n) is 4.92. The van der Waals surface area contributed by atoms with Crippen LogP contribution in [0.15, 0.2) is 60.7 Å². The average molecular weight is 293 g/mol. The van der Waals surface area contributed by atoms with Gasteiger partial charge in [-0.05, 0) is 30.7 Å². The standard InChI is InChI=1S/C17H15N3O2/c1-12-7-5-6-10-14(12)15-11-16(17(21)19-22)20(18-15)13-8-3-2-4-9-13/h2-11,22H,1H3,(H,19,21). The fourth-order valence-corrected chi connectivity index (χ4v) is 2.36. The maximum Gasteiger partial charge on any atom is 0.293 e. The van der Waals surface area contributed by atoms with Crippen LogP contribution in [0.4, 0.5) is 0 Å². The van der Waals surface area contributed by atoms with Crippen LogP contribution in [-0.4, -0.2) is 20.9 Å². The number of benzene rings is 2. The van der Waals surface area contributed by atoms with Crippen LogP contribution in [0.5, 0.6) is 0 Å². The normalized spacial score (nSPS) is 10.5. The predicted octanol–water partition coefficient (Wildman–Crippen LogP) is 2.97. The molecule has 1 aromatic heterocycles. The summed E-state index contributed by atoms with van der Waals surface area (Å²) < 4.78 is 1.52. The highest BCUT2D eigenvalue weighted by Gasteiger charge is 2.17. The average Bonchev–Trinajstić information content (AvgIpc) is 3.00. The highest BCUT2D eigenvalue weighted by atomic mass is 16.5. The van der Waals surface area contributed by atoms with Crippen molar-refractivity contribution >= 4 is 5.91 Å². The molecule has 0 aliphatic carbocycles. The molecule has 0 aliphatic heterocycles. The summed E-state index contributed by atoms with van der Waals surface area (Å²) in [5.74, 6) is -0.601. The maximum atomic E-state index is 11.9. The Morgan fingerprint density at radius 3 is 2.45 bits per heavy atom. The Morgan fingerprint density at radius 2 is 1.77 bits per heavy atom. The number of carbonyl (C=O) groups excluding carboxylic acids is 1. The fourth-order valence-electron chi connectivity index (χ4n) is 2.36. The lowest BCUT2D eigenvalue weighted by Crippen LogP contribution is -2.22. The monoisotopic (exact) mass is 293 g/mol. The van der Waals surface area contributed by atoms with Crippen molar-refractivity contribution in [2.75, 3.05) is 0 Å². The fraction of sp³-hybridized carbons (Fsp3) is 0.0588. The zero-order chi connectivity index (χ0) is 15.5. The van der Waals surface area contributed by atoms with Crippen LogP contribution >= 0.6 is 0 Å². The van der Waals surface area contributed by atoms with Crippen LogP contribution in [-0.2, 0) is 0 Å². The third kappa shape index (κ3) is 2.49. The SMILES string of the molecule is Cc1ccccc1-c1cc(C(=O)NO)n(-c2ccccc2)n1. The van der Waals surface area contributed by atoms with Gasteiger partial charge in [0.2, 0.25) is 0 Å². The van der Waals surface area contributed by atoms with Gasteiger partial charge in [-0.1, -0.05) is 42.5 Å². The lowest BCUT2D eigenvalue weighted by molar-refractivity contribution is 0.0697. The van der Waals surface area contributed by atoms with Gasteiger partial charge in [0.25, 0.3) is 5.91 Å². The number of aromatic nitrogens is 2. The highest BCUT2D eigenvalue weighted by Crippen LogP contribution is 2.24. The summed E-state index contributed by atoms with van der Waals surface area (Å²) in [5, 5.41) is 13.5. The van der Waals surface area contributed by atoms with Crippen molar-refractivity contribution in [2.45, 2.75) is 6.92 Å². The van der Waals surface area contributed by atoms with E-state index in [2.05, 4.69) is 5.10 Å². The molecule has 0 unspecified atom stereocenters. The Labute approximate surface area is 127 Å². The number of carbonyl (C=O) groups is 1. The zero-order valence-corrected chi connectivity index (χ0v) is 12.0. The van der Waals surface area contributed by atoms with Gasteiger partial charge in [-0.15, -0.1) is 0 Å². The van der Waals surface area contributed by atoms with E-state index in [4.69, 9.17) is 5.21 Å². The van der Waals surface area contributed by atoms with Crippen LogP contribution < -0.4 is 5.48 Å². The molecule has 0 saturated heterocycles. The lowest BCUT2D eigenvalue weighted by atomic mass is 10.1. The molecule has 5 heteroatoms. The molecule has 5 nitrogen and oxygen atoms in total. The van der Waals surface area contributed by atoms with Gasteiger partial charge < -0.3 is 0 Å². The second-order valence-corrected chi connectivity index (χ2v) is 4.92. The summed E-state index contributed by atoms with van der Waals surface area (Å²) in [5.41, 5.74) is 5.39. The van der Waals surface area contributed by atoms with Gasteiger partial charge in [0, 0.05) is 5.56 Å². The topological polar surface area (TPSA) is 67.2 Å². The molecule has 0 saturated carbocycles. The molecule has 0 fully saturated rings. The summed E-state index contributed by atoms with van der Waals surface area (Å²) >= 11 is 0. The Balaban J connectivity index is 2.18. The van der Waals surface area contributed by atoms with E-state index >= 15 is 0 Å². The van der Waals surface area contributed by atoms with E-state index in [-0.39, 0.29) is 5.69 Å². The third-order valence-corrected chi connectivity index (χ3v) is 3.47. The molecule has 0 aliphatic rings. The Hall–Kier alpha value is -2.92. The van der Waals surface area contributed by atoms with E-state index in [9.17, 15) is 4.79 Å². The number of nitrogens with zero attached hydrogens (tertiary/aromatic N) is 2. The summed E-state index contributed by atoms with van der Waals surface area (Å²) in [6, 6.07) is 18.8. The van der Waals surface area contributed by atoms with Gasteiger partial charge in [0.1, 0.15) is 5.69 Å². The lowest BCUT2D eigenvalue weighted by Gasteiger charge is -2.05. The highest BCUT2D eigenvalue weighted by molar-refractivity contribution is 5.93. The summed E-state index contributed by atoms with van der Waals surface area (Å²) in [7, 11) is 0. The molecule has 2 N–H and O–H groups in total. The number of rotatable bonds is 3. The minimum atomic E-state index is -0.601. The molecule has 2 aromatic carbocycles. The first-order chi connectivity index (χ1) is 10.7. The van der Waals surface area contributed by atoms with Crippen LogP contribution in [0.25, 0.3) is 16.9 Å². The van der Waals surface area contributed by atoms with Crippen molar-refractivity contribution in [3.63, 3.8) is 0 Å². The summed E-state index contributed by atoms with van der Waals surface area (Å²) in [6.07, 6.45) is 0.